The first-order chi connectivity index (χ1) is 26.2. The second-order valence-corrected chi connectivity index (χ2v) is 12.8. The number of hydrogen-bond donors (Lipinski definition) is 1. The molecular formula is C35H50O7. The Hall–Kier alpha value is -1.83. The molecule has 4 saturated carbocycles. The van der Waals surface area contributed by atoms with Gasteiger partial charge in [0.2, 0.25) is 5.78 Å². The lowest BCUT2D eigenvalue weighted by Gasteiger charge is -2.60. The summed E-state index contributed by atoms with van der Waals surface area (Å²) in [5.41, 5.74) is -4.03. The summed E-state index contributed by atoms with van der Waals surface area (Å²) < 4.78 is 163. The molecular weight excluding hydrogens is 532 g/mol. The summed E-state index contributed by atoms with van der Waals surface area (Å²) in [7, 11) is 0. The van der Waals surface area contributed by atoms with Crippen molar-refractivity contribution in [3.8, 4) is 0 Å². The first-order valence-electron chi connectivity index (χ1n) is 22.9. The third kappa shape index (κ3) is 4.27. The molecule has 0 radical (unpaired) electrons. The summed E-state index contributed by atoms with van der Waals surface area (Å²) in [4.78, 5) is 41.1. The number of rotatable bonds is 6. The van der Waals surface area contributed by atoms with Crippen molar-refractivity contribution in [2.24, 2.45) is 46.3 Å². The molecule has 12 atom stereocenters. The smallest absolute Gasteiger partial charge is 0.309 e. The molecule has 3 unspecified atom stereocenters. The number of carbonyl (C=O) groups excluding carboxylic acids is 3. The summed E-state index contributed by atoms with van der Waals surface area (Å²) in [6.07, 6.45) is -21.9. The zero-order valence-electron chi connectivity index (χ0n) is 41.5. The number of ether oxygens (including phenoxy) is 3. The highest BCUT2D eigenvalue weighted by molar-refractivity contribution is 6.05. The molecule has 1 heterocycles. The van der Waals surface area contributed by atoms with E-state index in [-0.39, 0.29) is 18.6 Å². The van der Waals surface area contributed by atoms with E-state index in [0.29, 0.717) is 32.3 Å². The molecule has 6 aliphatic rings. The summed E-state index contributed by atoms with van der Waals surface area (Å²) in [5, 5.41) is 12.2. The van der Waals surface area contributed by atoms with E-state index in [1.54, 1.807) is 19.1 Å². The van der Waals surface area contributed by atoms with Crippen LogP contribution in [-0.2, 0) is 28.6 Å². The Morgan fingerprint density at radius 3 is 2.86 bits per heavy atom. The molecule has 7 heteroatoms. The second-order valence-electron chi connectivity index (χ2n) is 12.8. The third-order valence-electron chi connectivity index (χ3n) is 10.7. The number of allylic oxidation sites excluding steroid dienone is 4. The highest BCUT2D eigenvalue weighted by atomic mass is 16.7. The van der Waals surface area contributed by atoms with Crippen LogP contribution >= 0.6 is 0 Å². The van der Waals surface area contributed by atoms with Crippen LogP contribution in [0.2, 0.25) is 0 Å². The number of hydrogen-bond acceptors (Lipinski definition) is 7. The van der Waals surface area contributed by atoms with E-state index < -0.39 is 127 Å². The molecule has 5 aliphatic carbocycles. The second kappa shape index (κ2) is 10.7. The predicted molar refractivity (Wildman–Crippen MR) is 157 cm³/mol. The molecule has 0 aromatic rings. The fraction of sp³-hybridized carbons (Fsp3) is 0.800. The molecule has 1 N–H and O–H groups in total. The molecule has 1 saturated heterocycles. The maximum Gasteiger partial charge on any atom is 0.309 e. The molecule has 0 bridgehead atoms. The standard InChI is InChI=1S/C35H50O7/c1-7-19(2)31(39)40-18-28(38)35-29(41-32(42-35)23-11-9-8-10-20(23)3)15-25-24-13-12-22-14-26(36)21(4)16-33(22,5)30(24)27(37)17-34(25,35)6/h14,16,19-20,23-25,27,29-30,32,37H,7-13,15,17-18H2,1-6H3/t19?,20?,23?,24-,25-,27-,29+,30+,32+,33-,34-,35+/m0/s1/i2D3,7D2,8D2,9D2,10D2,11D2,19D,20D,23D,32D. The molecule has 1 aliphatic heterocycles. The van der Waals surface area contributed by atoms with Gasteiger partial charge in [0.15, 0.2) is 24.3 Å². The van der Waals surface area contributed by atoms with Crippen LogP contribution in [0.5, 0.6) is 0 Å². The van der Waals surface area contributed by atoms with Gasteiger partial charge in [-0.15, -0.1) is 0 Å². The Morgan fingerprint density at radius 1 is 1.36 bits per heavy atom. The van der Waals surface area contributed by atoms with Crippen LogP contribution in [0.3, 0.4) is 0 Å². The molecule has 7 nitrogen and oxygen atoms in total. The minimum absolute atomic E-state index is 0.185. The molecule has 5 fully saturated rings. The van der Waals surface area contributed by atoms with Gasteiger partial charge in [0.05, 0.1) is 19.5 Å². The number of Topliss-reactive ketones (excluding diaryl/α,β-unsaturated/α-hetero) is 1. The number of esters is 1. The zero-order valence-corrected chi connectivity index (χ0v) is 24.5. The lowest BCUT2D eigenvalue weighted by Crippen LogP contribution is -2.64. The summed E-state index contributed by atoms with van der Waals surface area (Å²) in [6.45, 7) is 1.16. The summed E-state index contributed by atoms with van der Waals surface area (Å²) in [6, 6.07) is 0. The van der Waals surface area contributed by atoms with E-state index in [9.17, 15) is 17.4 Å². The molecule has 0 aromatic heterocycles. The van der Waals surface area contributed by atoms with Gasteiger partial charge < -0.3 is 19.3 Å². The minimum Gasteiger partial charge on any atom is -0.457 e. The van der Waals surface area contributed by atoms with Gasteiger partial charge in [0, 0.05) is 44.6 Å². The summed E-state index contributed by atoms with van der Waals surface area (Å²) >= 11 is 0. The Kier molecular flexibility index (Phi) is 4.05. The molecule has 42 heavy (non-hydrogen) atoms. The largest absolute Gasteiger partial charge is 0.457 e. The van der Waals surface area contributed by atoms with E-state index in [4.69, 9.17) is 34.8 Å². The Bertz CT molecular complexity index is 1880. The van der Waals surface area contributed by atoms with E-state index in [1.807, 2.05) is 6.92 Å². The highest BCUT2D eigenvalue weighted by Crippen LogP contribution is 2.70. The van der Waals surface area contributed by atoms with Gasteiger partial charge in [-0.1, -0.05) is 65.3 Å². The van der Waals surface area contributed by atoms with Crippen molar-refractivity contribution >= 4 is 17.5 Å². The van der Waals surface area contributed by atoms with Crippen LogP contribution < -0.4 is 0 Å². The van der Waals surface area contributed by atoms with E-state index in [1.165, 1.54) is 6.92 Å². The van der Waals surface area contributed by atoms with Crippen molar-refractivity contribution in [2.75, 3.05) is 6.61 Å². The number of ketones is 2. The highest BCUT2D eigenvalue weighted by Gasteiger charge is 2.76. The van der Waals surface area contributed by atoms with Gasteiger partial charge in [0.1, 0.15) is 0 Å². The Balaban J connectivity index is 1.52. The van der Waals surface area contributed by atoms with Crippen molar-refractivity contribution in [2.45, 2.75) is 123 Å². The van der Waals surface area contributed by atoms with E-state index >= 15 is 4.79 Å². The fourth-order valence-corrected chi connectivity index (χ4v) is 8.86. The monoisotopic (exact) mass is 599 g/mol. The zero-order chi connectivity index (χ0) is 45.3. The van der Waals surface area contributed by atoms with Gasteiger partial charge in [-0.3, -0.25) is 14.4 Å². The maximum absolute atomic E-state index is 15.0. The number of aliphatic hydroxyl groups excluding tert-OH is 1. The van der Waals surface area contributed by atoms with Crippen molar-refractivity contribution in [3.05, 3.63) is 23.3 Å². The van der Waals surface area contributed by atoms with E-state index in [2.05, 4.69) is 0 Å². The van der Waals surface area contributed by atoms with Crippen LogP contribution in [0.25, 0.3) is 0 Å². The van der Waals surface area contributed by atoms with Crippen molar-refractivity contribution < 1.29 is 57.0 Å². The quantitative estimate of drug-likeness (QED) is 0.389. The average molecular weight is 600 g/mol. The number of carbonyl (C=O) groups is 3. The molecule has 6 rings (SSSR count). The van der Waals surface area contributed by atoms with Crippen LogP contribution in [0.1, 0.15) is 122 Å². The Morgan fingerprint density at radius 2 is 2.12 bits per heavy atom. The average Bonchev–Trinajstić information content (AvgIpc) is 3.52. The van der Waals surface area contributed by atoms with Gasteiger partial charge in [-0.05, 0) is 74.7 Å². The molecule has 0 aromatic carbocycles. The van der Waals surface area contributed by atoms with E-state index in [0.717, 1.165) is 5.57 Å². The van der Waals surface area contributed by atoms with Crippen LogP contribution in [0.15, 0.2) is 23.3 Å². The van der Waals surface area contributed by atoms with Gasteiger partial charge in [0.25, 0.3) is 0 Å². The van der Waals surface area contributed by atoms with Crippen LogP contribution in [0, 0.1) is 46.3 Å². The third-order valence-corrected chi connectivity index (χ3v) is 10.7. The predicted octanol–water partition coefficient (Wildman–Crippen LogP) is 5.73. The number of fused-ring (bicyclic) bond motifs is 7. The van der Waals surface area contributed by atoms with Crippen LogP contribution in [0.4, 0.5) is 0 Å². The Labute approximate surface area is 274 Å². The van der Waals surface area contributed by atoms with Crippen molar-refractivity contribution in [1.82, 2.24) is 0 Å². The van der Waals surface area contributed by atoms with Crippen LogP contribution in [-0.4, -0.2) is 53.3 Å². The van der Waals surface area contributed by atoms with Crippen molar-refractivity contribution in [3.63, 3.8) is 0 Å². The van der Waals surface area contributed by atoms with Crippen molar-refractivity contribution in [1.29, 1.82) is 0 Å². The lowest BCUT2D eigenvalue weighted by molar-refractivity contribution is -0.213. The SMILES string of the molecule is [2H]C([2H])([2H])C([2H])(C(=O)OCC(=O)[C@@]12O[C@]([2H])(C3([2H])C([2H])([2H])C([2H])([2H])C([2H])([2H])C([2H])([2H])C3([2H])C)O[C@@H]1C[C@H]1[C@@H]3CCC4=CC(=O)C(C)=C[C@]4(C)[C@H]3[C@@H](O)C[C@@]12C)C([2H])([2H])C. The first-order valence-corrected chi connectivity index (χ1v) is 14.4. The number of aliphatic hydroxyl groups is 1. The fourth-order valence-electron chi connectivity index (χ4n) is 8.86. The first kappa shape index (κ1) is 15.9. The van der Waals surface area contributed by atoms with Gasteiger partial charge >= 0.3 is 5.97 Å². The summed E-state index contributed by atoms with van der Waals surface area (Å²) in [5.74, 6) is -16.1. The molecule has 232 valence electrons. The lowest BCUT2D eigenvalue weighted by atomic mass is 9.46. The maximum atomic E-state index is 15.0. The van der Waals surface area contributed by atoms with Gasteiger partial charge in [-0.2, -0.15) is 0 Å². The molecule has 0 amide bonds. The topological polar surface area (TPSA) is 99.1 Å². The van der Waals surface area contributed by atoms with Gasteiger partial charge in [-0.25, -0.2) is 0 Å². The normalized spacial score (nSPS) is 64.3. The minimum atomic E-state index is -4.00. The molecule has 0 spiro atoms.